The van der Waals surface area contributed by atoms with Crippen molar-refractivity contribution >= 4 is 29.9 Å². The van der Waals surface area contributed by atoms with Crippen molar-refractivity contribution < 1.29 is 22.6 Å². The largest absolute Gasteiger partial charge is 0.390 e. The molecule has 2 aliphatic rings. The van der Waals surface area contributed by atoms with Crippen LogP contribution in [0.5, 0.6) is 0 Å². The van der Waals surface area contributed by atoms with Crippen LogP contribution in [0.15, 0.2) is 4.99 Å². The van der Waals surface area contributed by atoms with Gasteiger partial charge in [0.2, 0.25) is 0 Å². The zero-order chi connectivity index (χ0) is 18.1. The summed E-state index contributed by atoms with van der Waals surface area (Å²) in [6.45, 7) is 5.28. The summed E-state index contributed by atoms with van der Waals surface area (Å²) in [4.78, 5) is 6.14. The minimum Gasteiger partial charge on any atom is -0.376 e. The average Bonchev–Trinajstić information content (AvgIpc) is 2.60. The summed E-state index contributed by atoms with van der Waals surface area (Å²) in [5.41, 5.74) is 0. The van der Waals surface area contributed by atoms with Crippen molar-refractivity contribution in [2.75, 3.05) is 39.4 Å². The topological polar surface area (TPSA) is 46.1 Å². The number of piperidine rings is 1. The van der Waals surface area contributed by atoms with Crippen molar-refractivity contribution in [2.24, 2.45) is 4.99 Å². The highest BCUT2D eigenvalue weighted by atomic mass is 127. The highest BCUT2D eigenvalue weighted by molar-refractivity contribution is 14.0. The molecule has 0 aromatic heterocycles. The van der Waals surface area contributed by atoms with E-state index < -0.39 is 12.6 Å². The fraction of sp³-hybridized carbons (Fsp3) is 0.941. The SMILES string of the molecule is CCNC(=NCCC(F)(F)F)N1CCC(OCC2CCCCO2)CC1.I. The van der Waals surface area contributed by atoms with Gasteiger partial charge in [-0.2, -0.15) is 13.2 Å². The Morgan fingerprint density at radius 2 is 1.96 bits per heavy atom. The standard InChI is InChI=1S/C17H30F3N3O2.HI/c1-2-21-16(22-9-8-17(18,19)20)23-10-6-14(7-11-23)25-13-15-5-3-4-12-24-15;/h14-15H,2-13H2,1H3,(H,21,22);1H. The first-order chi connectivity index (χ1) is 12.0. The van der Waals surface area contributed by atoms with Gasteiger partial charge >= 0.3 is 6.18 Å². The summed E-state index contributed by atoms with van der Waals surface area (Å²) in [6.07, 6.45) is 0.476. The van der Waals surface area contributed by atoms with Gasteiger partial charge in [-0.15, -0.1) is 24.0 Å². The first kappa shape index (κ1) is 23.7. The van der Waals surface area contributed by atoms with Crippen molar-refractivity contribution in [3.8, 4) is 0 Å². The monoisotopic (exact) mass is 493 g/mol. The van der Waals surface area contributed by atoms with Gasteiger partial charge in [0.15, 0.2) is 5.96 Å². The van der Waals surface area contributed by atoms with Crippen molar-refractivity contribution in [1.82, 2.24) is 10.2 Å². The van der Waals surface area contributed by atoms with Gasteiger partial charge in [0.25, 0.3) is 0 Å². The van der Waals surface area contributed by atoms with E-state index in [9.17, 15) is 13.2 Å². The molecule has 1 atom stereocenters. The van der Waals surface area contributed by atoms with E-state index >= 15 is 0 Å². The number of likely N-dealkylation sites (tertiary alicyclic amines) is 1. The molecule has 0 bridgehead atoms. The molecular formula is C17H31F3IN3O2. The molecule has 0 aromatic rings. The van der Waals surface area contributed by atoms with E-state index in [2.05, 4.69) is 10.3 Å². The Kier molecular flexibility index (Phi) is 11.2. The lowest BCUT2D eigenvalue weighted by Crippen LogP contribution is -2.47. The van der Waals surface area contributed by atoms with E-state index in [1.54, 1.807) is 0 Å². The fourth-order valence-corrected chi connectivity index (χ4v) is 3.13. The first-order valence-electron chi connectivity index (χ1n) is 9.31. The Morgan fingerprint density at radius 1 is 1.23 bits per heavy atom. The second-order valence-corrected chi connectivity index (χ2v) is 6.61. The molecular weight excluding hydrogens is 462 g/mol. The molecule has 0 aromatic carbocycles. The van der Waals surface area contributed by atoms with Crippen molar-refractivity contribution in [1.29, 1.82) is 0 Å². The summed E-state index contributed by atoms with van der Waals surface area (Å²) in [7, 11) is 0. The van der Waals surface area contributed by atoms with Crippen LogP contribution >= 0.6 is 24.0 Å². The number of aliphatic imine (C=N–C) groups is 1. The number of hydrogen-bond acceptors (Lipinski definition) is 3. The van der Waals surface area contributed by atoms with Gasteiger partial charge in [-0.25, -0.2) is 0 Å². The molecule has 1 unspecified atom stereocenters. The number of rotatable bonds is 6. The Hall–Kier alpha value is -0.290. The van der Waals surface area contributed by atoms with Gasteiger partial charge in [-0.05, 0) is 39.0 Å². The molecule has 0 saturated carbocycles. The number of nitrogens with one attached hydrogen (secondary N) is 1. The first-order valence-corrected chi connectivity index (χ1v) is 9.31. The normalized spacial score (nSPS) is 22.8. The Balaban J connectivity index is 0.00000338. The molecule has 0 spiro atoms. The van der Waals surface area contributed by atoms with E-state index in [0.29, 0.717) is 19.1 Å². The van der Waals surface area contributed by atoms with E-state index in [-0.39, 0.29) is 42.7 Å². The van der Waals surface area contributed by atoms with Crippen molar-refractivity contribution in [3.05, 3.63) is 0 Å². The van der Waals surface area contributed by atoms with E-state index in [0.717, 1.165) is 45.4 Å². The smallest absolute Gasteiger partial charge is 0.376 e. The molecule has 0 amide bonds. The molecule has 26 heavy (non-hydrogen) atoms. The van der Waals surface area contributed by atoms with Gasteiger partial charge in [0, 0.05) is 26.2 Å². The molecule has 5 nitrogen and oxygen atoms in total. The minimum atomic E-state index is -4.16. The number of nitrogens with zero attached hydrogens (tertiary/aromatic N) is 2. The lowest BCUT2D eigenvalue weighted by Gasteiger charge is -2.35. The quantitative estimate of drug-likeness (QED) is 0.349. The summed E-state index contributed by atoms with van der Waals surface area (Å²) >= 11 is 0. The number of halogens is 4. The second kappa shape index (κ2) is 12.2. The van der Waals surface area contributed by atoms with Crippen LogP contribution in [-0.4, -0.2) is 68.6 Å². The maximum atomic E-state index is 12.3. The highest BCUT2D eigenvalue weighted by Crippen LogP contribution is 2.20. The van der Waals surface area contributed by atoms with Crippen LogP contribution in [0.3, 0.4) is 0 Å². The third-order valence-corrected chi connectivity index (χ3v) is 4.53. The van der Waals surface area contributed by atoms with Gasteiger partial charge in [-0.1, -0.05) is 0 Å². The Morgan fingerprint density at radius 3 is 2.54 bits per heavy atom. The molecule has 0 aliphatic carbocycles. The fourth-order valence-electron chi connectivity index (χ4n) is 3.13. The summed E-state index contributed by atoms with van der Waals surface area (Å²) in [5, 5.41) is 3.08. The van der Waals surface area contributed by atoms with Crippen LogP contribution in [0, 0.1) is 0 Å². The average molecular weight is 493 g/mol. The molecule has 2 heterocycles. The van der Waals surface area contributed by atoms with Gasteiger partial charge < -0.3 is 19.7 Å². The Bertz CT molecular complexity index is 411. The maximum absolute atomic E-state index is 12.3. The number of alkyl halides is 3. The predicted molar refractivity (Wildman–Crippen MR) is 106 cm³/mol. The molecule has 0 radical (unpaired) electrons. The summed E-state index contributed by atoms with van der Waals surface area (Å²) < 4.78 is 48.5. The van der Waals surface area contributed by atoms with Gasteiger partial charge in [-0.3, -0.25) is 4.99 Å². The van der Waals surface area contributed by atoms with E-state index in [1.807, 2.05) is 11.8 Å². The number of hydrogen-bond donors (Lipinski definition) is 1. The minimum absolute atomic E-state index is 0. The summed E-state index contributed by atoms with van der Waals surface area (Å²) in [6, 6.07) is 0. The molecule has 2 rings (SSSR count). The number of guanidine groups is 1. The van der Waals surface area contributed by atoms with Crippen LogP contribution in [-0.2, 0) is 9.47 Å². The van der Waals surface area contributed by atoms with Crippen LogP contribution < -0.4 is 5.32 Å². The van der Waals surface area contributed by atoms with E-state index in [4.69, 9.17) is 9.47 Å². The number of ether oxygens (including phenoxy) is 2. The second-order valence-electron chi connectivity index (χ2n) is 6.61. The molecule has 2 fully saturated rings. The van der Waals surface area contributed by atoms with Crippen LogP contribution in [0.4, 0.5) is 13.2 Å². The zero-order valence-electron chi connectivity index (χ0n) is 15.4. The molecule has 154 valence electrons. The van der Waals surface area contributed by atoms with Gasteiger partial charge in [0.05, 0.1) is 31.8 Å². The zero-order valence-corrected chi connectivity index (χ0v) is 17.7. The molecule has 1 N–H and O–H groups in total. The third-order valence-electron chi connectivity index (χ3n) is 4.53. The molecule has 9 heteroatoms. The maximum Gasteiger partial charge on any atom is 0.390 e. The summed E-state index contributed by atoms with van der Waals surface area (Å²) in [5.74, 6) is 0.570. The van der Waals surface area contributed by atoms with Crippen molar-refractivity contribution in [2.45, 2.75) is 63.8 Å². The lowest BCUT2D eigenvalue weighted by molar-refractivity contribution is -0.132. The van der Waals surface area contributed by atoms with Crippen molar-refractivity contribution in [3.63, 3.8) is 0 Å². The van der Waals surface area contributed by atoms with Crippen LogP contribution in [0.2, 0.25) is 0 Å². The van der Waals surface area contributed by atoms with Crippen LogP contribution in [0.25, 0.3) is 0 Å². The highest BCUT2D eigenvalue weighted by Gasteiger charge is 2.27. The third kappa shape index (κ3) is 9.07. The van der Waals surface area contributed by atoms with E-state index in [1.165, 1.54) is 6.42 Å². The van der Waals surface area contributed by atoms with Crippen LogP contribution in [0.1, 0.15) is 45.4 Å². The molecule has 2 saturated heterocycles. The van der Waals surface area contributed by atoms with Gasteiger partial charge in [0.1, 0.15) is 0 Å². The predicted octanol–water partition coefficient (Wildman–Crippen LogP) is 3.57. The Labute approximate surface area is 171 Å². The molecule has 2 aliphatic heterocycles. The lowest BCUT2D eigenvalue weighted by atomic mass is 10.1.